The molecule has 1 heterocycles. The summed E-state index contributed by atoms with van der Waals surface area (Å²) in [6.07, 6.45) is 0. The molecule has 0 saturated carbocycles. The maximum atomic E-state index is 11.1. The van der Waals surface area contributed by atoms with Crippen LogP contribution in [0, 0.1) is 24.2 Å². The second-order valence-electron chi connectivity index (χ2n) is 5.39. The van der Waals surface area contributed by atoms with E-state index in [1.54, 1.807) is 19.1 Å². The predicted octanol–water partition coefficient (Wildman–Crippen LogP) is 4.49. The van der Waals surface area contributed by atoms with Crippen molar-refractivity contribution in [3.63, 3.8) is 0 Å². The summed E-state index contributed by atoms with van der Waals surface area (Å²) in [5, 5.41) is 19.1. The molecular formula is C16H15BrN2O3S. The molecule has 0 unspecified atom stereocenters. The molecule has 0 atom stereocenters. The lowest BCUT2D eigenvalue weighted by Crippen LogP contribution is -2.06. The molecule has 23 heavy (non-hydrogen) atoms. The van der Waals surface area contributed by atoms with Gasteiger partial charge >= 0.3 is 5.97 Å². The molecule has 7 heteroatoms. The molecule has 1 aromatic carbocycles. The fraction of sp³-hybridized carbons (Fsp3) is 0.312. The number of hydrogen-bond acceptors (Lipinski definition) is 5. The van der Waals surface area contributed by atoms with Gasteiger partial charge in [0.1, 0.15) is 16.0 Å². The van der Waals surface area contributed by atoms with Crippen LogP contribution in [-0.2, 0) is 0 Å². The number of benzene rings is 1. The Morgan fingerprint density at radius 3 is 2.74 bits per heavy atom. The molecule has 5 nitrogen and oxygen atoms in total. The number of thiazole rings is 1. The Hall–Kier alpha value is -1.91. The number of nitriles is 1. The SMILES string of the molecule is Cc1nc(-c2cc(Br)c(OCC(C)C)c(C#N)c2)sc1C(=O)O. The third kappa shape index (κ3) is 3.89. The predicted molar refractivity (Wildman–Crippen MR) is 92.0 cm³/mol. The van der Waals surface area contributed by atoms with E-state index in [-0.39, 0.29) is 4.88 Å². The molecule has 2 aromatic rings. The van der Waals surface area contributed by atoms with Crippen LogP contribution in [0.25, 0.3) is 10.6 Å². The number of aromatic nitrogens is 1. The highest BCUT2D eigenvalue weighted by atomic mass is 79.9. The van der Waals surface area contributed by atoms with Crippen LogP contribution in [0.3, 0.4) is 0 Å². The van der Waals surface area contributed by atoms with Crippen molar-refractivity contribution in [2.24, 2.45) is 5.92 Å². The fourth-order valence-corrected chi connectivity index (χ4v) is 3.38. The molecule has 0 bridgehead atoms. The van der Waals surface area contributed by atoms with Crippen molar-refractivity contribution >= 4 is 33.2 Å². The van der Waals surface area contributed by atoms with Crippen LogP contribution >= 0.6 is 27.3 Å². The molecule has 0 radical (unpaired) electrons. The number of carboxylic acid groups (broad SMARTS) is 1. The second kappa shape index (κ2) is 7.11. The number of ether oxygens (including phenoxy) is 1. The number of rotatable bonds is 5. The van der Waals surface area contributed by atoms with E-state index in [9.17, 15) is 10.1 Å². The Morgan fingerprint density at radius 2 is 2.22 bits per heavy atom. The third-order valence-electron chi connectivity index (χ3n) is 2.96. The molecule has 0 saturated heterocycles. The second-order valence-corrected chi connectivity index (χ2v) is 7.24. The molecule has 0 fully saturated rings. The molecule has 120 valence electrons. The number of hydrogen-bond donors (Lipinski definition) is 1. The maximum Gasteiger partial charge on any atom is 0.347 e. The van der Waals surface area contributed by atoms with Crippen molar-refractivity contribution in [1.29, 1.82) is 5.26 Å². The molecule has 0 amide bonds. The average molecular weight is 395 g/mol. The van der Waals surface area contributed by atoms with Crippen molar-refractivity contribution in [3.05, 3.63) is 32.7 Å². The van der Waals surface area contributed by atoms with E-state index in [4.69, 9.17) is 9.84 Å². The average Bonchev–Trinajstić information content (AvgIpc) is 2.87. The zero-order valence-corrected chi connectivity index (χ0v) is 15.3. The first-order chi connectivity index (χ1) is 10.8. The highest BCUT2D eigenvalue weighted by Crippen LogP contribution is 2.36. The van der Waals surface area contributed by atoms with E-state index < -0.39 is 5.97 Å². The molecule has 0 aliphatic heterocycles. The summed E-state index contributed by atoms with van der Waals surface area (Å²) < 4.78 is 6.35. The standard InChI is InChI=1S/C16H15BrN2O3S/c1-8(2)7-22-13-11(6-18)4-10(5-12(13)17)15-19-9(3)14(23-15)16(20)21/h4-5,8H,7H2,1-3H3,(H,20,21). The van der Waals surface area contributed by atoms with E-state index in [1.807, 2.05) is 13.8 Å². The lowest BCUT2D eigenvalue weighted by molar-refractivity contribution is 0.0701. The molecule has 1 aromatic heterocycles. The van der Waals surface area contributed by atoms with E-state index in [1.165, 1.54) is 0 Å². The van der Waals surface area contributed by atoms with Crippen LogP contribution < -0.4 is 4.74 Å². The Morgan fingerprint density at radius 1 is 1.52 bits per heavy atom. The van der Waals surface area contributed by atoms with Gasteiger partial charge in [-0.25, -0.2) is 9.78 Å². The van der Waals surface area contributed by atoms with Crippen LogP contribution in [0.1, 0.15) is 34.8 Å². The number of nitrogens with zero attached hydrogens (tertiary/aromatic N) is 2. The van der Waals surface area contributed by atoms with Gasteiger partial charge in [-0.3, -0.25) is 0 Å². The van der Waals surface area contributed by atoms with Crippen LogP contribution in [0.4, 0.5) is 0 Å². The van der Waals surface area contributed by atoms with Crippen molar-refractivity contribution in [3.8, 4) is 22.4 Å². The van der Waals surface area contributed by atoms with E-state index in [2.05, 4.69) is 27.0 Å². The lowest BCUT2D eigenvalue weighted by Gasteiger charge is -2.12. The molecule has 2 rings (SSSR count). The Kier molecular flexibility index (Phi) is 5.39. The molecule has 0 aliphatic rings. The van der Waals surface area contributed by atoms with Gasteiger partial charge in [0.05, 0.1) is 22.3 Å². The number of halogens is 1. The Labute approximate surface area is 146 Å². The first kappa shape index (κ1) is 17.4. The molecule has 0 spiro atoms. The lowest BCUT2D eigenvalue weighted by atomic mass is 10.1. The quantitative estimate of drug-likeness (QED) is 0.807. The summed E-state index contributed by atoms with van der Waals surface area (Å²) in [6.45, 7) is 6.22. The highest BCUT2D eigenvalue weighted by molar-refractivity contribution is 9.10. The van der Waals surface area contributed by atoms with Gasteiger partial charge in [-0.2, -0.15) is 5.26 Å². The van der Waals surface area contributed by atoms with Crippen molar-refractivity contribution in [2.75, 3.05) is 6.61 Å². The molecular weight excluding hydrogens is 380 g/mol. The first-order valence-electron chi connectivity index (χ1n) is 6.91. The summed E-state index contributed by atoms with van der Waals surface area (Å²) in [7, 11) is 0. The number of carboxylic acids is 1. The largest absolute Gasteiger partial charge is 0.491 e. The van der Waals surface area contributed by atoms with Gasteiger partial charge in [0.25, 0.3) is 0 Å². The van der Waals surface area contributed by atoms with Gasteiger partial charge in [0.15, 0.2) is 5.75 Å². The van der Waals surface area contributed by atoms with Crippen LogP contribution in [-0.4, -0.2) is 22.7 Å². The van der Waals surface area contributed by atoms with E-state index >= 15 is 0 Å². The molecule has 1 N–H and O–H groups in total. The Balaban J connectivity index is 2.46. The summed E-state index contributed by atoms with van der Waals surface area (Å²) in [5.74, 6) is -0.160. The van der Waals surface area contributed by atoms with Crippen LogP contribution in [0.5, 0.6) is 5.75 Å². The first-order valence-corrected chi connectivity index (χ1v) is 8.52. The number of aromatic carboxylic acids is 1. The monoisotopic (exact) mass is 394 g/mol. The van der Waals surface area contributed by atoms with Crippen LogP contribution in [0.15, 0.2) is 16.6 Å². The summed E-state index contributed by atoms with van der Waals surface area (Å²) in [6, 6.07) is 5.58. The Bertz CT molecular complexity index is 793. The number of aryl methyl sites for hydroxylation is 1. The minimum atomic E-state index is -0.997. The number of carbonyl (C=O) groups is 1. The normalized spacial score (nSPS) is 10.6. The fourth-order valence-electron chi connectivity index (χ4n) is 1.91. The minimum Gasteiger partial charge on any atom is -0.491 e. The summed E-state index contributed by atoms with van der Waals surface area (Å²) >= 11 is 4.52. The maximum absolute atomic E-state index is 11.1. The zero-order chi connectivity index (χ0) is 17.1. The van der Waals surface area contributed by atoms with Gasteiger partial charge in [-0.05, 0) is 40.9 Å². The van der Waals surface area contributed by atoms with Gasteiger partial charge in [-0.1, -0.05) is 13.8 Å². The zero-order valence-electron chi connectivity index (χ0n) is 12.9. The smallest absolute Gasteiger partial charge is 0.347 e. The molecule has 0 aliphatic carbocycles. The van der Waals surface area contributed by atoms with Crippen molar-refractivity contribution in [1.82, 2.24) is 4.98 Å². The van der Waals surface area contributed by atoms with Crippen LogP contribution in [0.2, 0.25) is 0 Å². The van der Waals surface area contributed by atoms with E-state index in [0.717, 1.165) is 11.3 Å². The highest BCUT2D eigenvalue weighted by Gasteiger charge is 2.18. The van der Waals surface area contributed by atoms with Gasteiger partial charge in [0, 0.05) is 5.56 Å². The third-order valence-corrected chi connectivity index (χ3v) is 4.75. The van der Waals surface area contributed by atoms with E-state index in [0.29, 0.717) is 44.6 Å². The van der Waals surface area contributed by atoms with Crippen molar-refractivity contribution < 1.29 is 14.6 Å². The van der Waals surface area contributed by atoms with Gasteiger partial charge < -0.3 is 9.84 Å². The van der Waals surface area contributed by atoms with Gasteiger partial charge in [0.2, 0.25) is 0 Å². The van der Waals surface area contributed by atoms with Crippen molar-refractivity contribution in [2.45, 2.75) is 20.8 Å². The summed E-state index contributed by atoms with van der Waals surface area (Å²) in [5.41, 5.74) is 1.54. The topological polar surface area (TPSA) is 83.2 Å². The van der Waals surface area contributed by atoms with Gasteiger partial charge in [-0.15, -0.1) is 11.3 Å². The summed E-state index contributed by atoms with van der Waals surface area (Å²) in [4.78, 5) is 15.6. The minimum absolute atomic E-state index is 0.203.